The molecule has 0 bridgehead atoms. The fourth-order valence-electron chi connectivity index (χ4n) is 1.70. The highest BCUT2D eigenvalue weighted by molar-refractivity contribution is 5.42. The predicted octanol–water partition coefficient (Wildman–Crippen LogP) is 1.83. The van der Waals surface area contributed by atoms with Crippen molar-refractivity contribution in [2.75, 3.05) is 58.9 Å². The fourth-order valence-corrected chi connectivity index (χ4v) is 1.70. The SMILES string of the molecule is COCCN(CCNc1ccc(F)cc1)CCOC. The largest absolute Gasteiger partial charge is 0.384 e. The van der Waals surface area contributed by atoms with Crippen LogP contribution in [0.25, 0.3) is 0 Å². The monoisotopic (exact) mass is 270 g/mol. The van der Waals surface area contributed by atoms with Crippen molar-refractivity contribution >= 4 is 5.69 Å². The second-order valence-electron chi connectivity index (χ2n) is 4.26. The lowest BCUT2D eigenvalue weighted by Gasteiger charge is -2.21. The first-order valence-corrected chi connectivity index (χ1v) is 6.46. The lowest BCUT2D eigenvalue weighted by molar-refractivity contribution is 0.116. The number of ether oxygens (including phenoxy) is 2. The second-order valence-corrected chi connectivity index (χ2v) is 4.26. The van der Waals surface area contributed by atoms with Crippen LogP contribution in [0.4, 0.5) is 10.1 Å². The Balaban J connectivity index is 2.27. The molecule has 0 fully saturated rings. The first kappa shape index (κ1) is 15.9. The number of hydrogen-bond donors (Lipinski definition) is 1. The quantitative estimate of drug-likeness (QED) is 0.703. The zero-order chi connectivity index (χ0) is 13.9. The van der Waals surface area contributed by atoms with E-state index in [-0.39, 0.29) is 5.82 Å². The van der Waals surface area contributed by atoms with Crippen LogP contribution < -0.4 is 5.32 Å². The van der Waals surface area contributed by atoms with Crippen LogP contribution in [0, 0.1) is 5.82 Å². The number of benzene rings is 1. The Kier molecular flexibility index (Phi) is 8.13. The molecule has 0 spiro atoms. The van der Waals surface area contributed by atoms with Gasteiger partial charge in [-0.2, -0.15) is 0 Å². The van der Waals surface area contributed by atoms with Crippen LogP contribution in [-0.4, -0.2) is 58.5 Å². The summed E-state index contributed by atoms with van der Waals surface area (Å²) in [5, 5.41) is 3.27. The average Bonchev–Trinajstić information content (AvgIpc) is 2.43. The lowest BCUT2D eigenvalue weighted by Crippen LogP contribution is -2.34. The first-order chi connectivity index (χ1) is 9.26. The molecule has 0 saturated carbocycles. The minimum absolute atomic E-state index is 0.215. The van der Waals surface area contributed by atoms with Crippen LogP contribution in [0.1, 0.15) is 0 Å². The van der Waals surface area contributed by atoms with Crippen molar-refractivity contribution in [3.63, 3.8) is 0 Å². The van der Waals surface area contributed by atoms with Gasteiger partial charge in [-0.05, 0) is 24.3 Å². The van der Waals surface area contributed by atoms with Gasteiger partial charge in [0, 0.05) is 46.1 Å². The molecule has 0 saturated heterocycles. The van der Waals surface area contributed by atoms with Gasteiger partial charge in [0.1, 0.15) is 5.82 Å². The molecule has 0 atom stereocenters. The fraction of sp³-hybridized carbons (Fsp3) is 0.571. The Morgan fingerprint density at radius 3 is 2.11 bits per heavy atom. The summed E-state index contributed by atoms with van der Waals surface area (Å²) in [5.74, 6) is -0.215. The second kappa shape index (κ2) is 9.72. The van der Waals surface area contributed by atoms with Crippen molar-refractivity contribution in [2.45, 2.75) is 0 Å². The normalized spacial score (nSPS) is 10.9. The first-order valence-electron chi connectivity index (χ1n) is 6.46. The van der Waals surface area contributed by atoms with Gasteiger partial charge in [0.15, 0.2) is 0 Å². The molecule has 0 unspecified atom stereocenters. The summed E-state index contributed by atoms with van der Waals surface area (Å²) < 4.78 is 22.9. The van der Waals surface area contributed by atoms with Gasteiger partial charge in [-0.15, -0.1) is 0 Å². The minimum atomic E-state index is -0.215. The Bertz CT molecular complexity index is 325. The number of anilines is 1. The molecule has 0 aliphatic carbocycles. The van der Waals surface area contributed by atoms with E-state index >= 15 is 0 Å². The molecule has 1 N–H and O–H groups in total. The molecule has 0 radical (unpaired) electrons. The number of halogens is 1. The Hall–Kier alpha value is -1.17. The molecule has 4 nitrogen and oxygen atoms in total. The Morgan fingerprint density at radius 2 is 1.58 bits per heavy atom. The third-order valence-electron chi connectivity index (χ3n) is 2.82. The van der Waals surface area contributed by atoms with E-state index in [1.165, 1.54) is 12.1 Å². The summed E-state index contributed by atoms with van der Waals surface area (Å²) in [4.78, 5) is 2.27. The van der Waals surface area contributed by atoms with E-state index in [0.717, 1.165) is 31.9 Å². The van der Waals surface area contributed by atoms with Gasteiger partial charge in [0.2, 0.25) is 0 Å². The standard InChI is InChI=1S/C14H23FN2O2/c1-18-11-9-17(10-12-19-2)8-7-16-14-5-3-13(15)4-6-14/h3-6,16H,7-12H2,1-2H3. The molecule has 1 rings (SSSR count). The molecular weight excluding hydrogens is 247 g/mol. The van der Waals surface area contributed by atoms with Crippen LogP contribution in [0.3, 0.4) is 0 Å². The van der Waals surface area contributed by atoms with E-state index in [2.05, 4.69) is 10.2 Å². The van der Waals surface area contributed by atoms with Crippen LogP contribution in [-0.2, 0) is 9.47 Å². The highest BCUT2D eigenvalue weighted by Gasteiger charge is 2.04. The third-order valence-corrected chi connectivity index (χ3v) is 2.82. The summed E-state index contributed by atoms with van der Waals surface area (Å²) >= 11 is 0. The van der Waals surface area contributed by atoms with Gasteiger partial charge in [0.05, 0.1) is 13.2 Å². The zero-order valence-electron chi connectivity index (χ0n) is 11.7. The van der Waals surface area contributed by atoms with Crippen molar-refractivity contribution in [3.05, 3.63) is 30.1 Å². The van der Waals surface area contributed by atoms with E-state index in [1.807, 2.05) is 0 Å². The number of nitrogens with zero attached hydrogens (tertiary/aromatic N) is 1. The van der Waals surface area contributed by atoms with E-state index in [0.29, 0.717) is 13.2 Å². The molecule has 0 heterocycles. The number of hydrogen-bond acceptors (Lipinski definition) is 4. The van der Waals surface area contributed by atoms with Crippen molar-refractivity contribution in [3.8, 4) is 0 Å². The number of nitrogens with one attached hydrogen (secondary N) is 1. The number of rotatable bonds is 10. The van der Waals surface area contributed by atoms with Gasteiger partial charge in [0.25, 0.3) is 0 Å². The Morgan fingerprint density at radius 1 is 1.00 bits per heavy atom. The van der Waals surface area contributed by atoms with Gasteiger partial charge in [-0.25, -0.2) is 4.39 Å². The van der Waals surface area contributed by atoms with E-state index in [4.69, 9.17) is 9.47 Å². The maximum atomic E-state index is 12.8. The van der Waals surface area contributed by atoms with Gasteiger partial charge >= 0.3 is 0 Å². The van der Waals surface area contributed by atoms with E-state index in [9.17, 15) is 4.39 Å². The van der Waals surface area contributed by atoms with Crippen molar-refractivity contribution < 1.29 is 13.9 Å². The van der Waals surface area contributed by atoms with Crippen LogP contribution in [0.5, 0.6) is 0 Å². The maximum Gasteiger partial charge on any atom is 0.123 e. The van der Waals surface area contributed by atoms with Crippen molar-refractivity contribution in [1.82, 2.24) is 4.90 Å². The topological polar surface area (TPSA) is 33.7 Å². The van der Waals surface area contributed by atoms with Gasteiger partial charge in [-0.3, -0.25) is 4.90 Å². The highest BCUT2D eigenvalue weighted by Crippen LogP contribution is 2.07. The third kappa shape index (κ3) is 7.10. The number of methoxy groups -OCH3 is 2. The van der Waals surface area contributed by atoms with E-state index in [1.54, 1.807) is 26.4 Å². The maximum absolute atomic E-state index is 12.8. The van der Waals surface area contributed by atoms with Crippen LogP contribution in [0.2, 0.25) is 0 Å². The summed E-state index contributed by atoms with van der Waals surface area (Å²) in [6, 6.07) is 6.39. The summed E-state index contributed by atoms with van der Waals surface area (Å²) in [5.41, 5.74) is 0.930. The van der Waals surface area contributed by atoms with Crippen LogP contribution in [0.15, 0.2) is 24.3 Å². The lowest BCUT2D eigenvalue weighted by atomic mass is 10.3. The van der Waals surface area contributed by atoms with Crippen molar-refractivity contribution in [2.24, 2.45) is 0 Å². The summed E-state index contributed by atoms with van der Waals surface area (Å²) in [6.45, 7) is 4.87. The molecule has 0 aromatic heterocycles. The molecule has 108 valence electrons. The summed E-state index contributed by atoms with van der Waals surface area (Å²) in [6.07, 6.45) is 0. The molecule has 0 aliphatic heterocycles. The van der Waals surface area contributed by atoms with Crippen molar-refractivity contribution in [1.29, 1.82) is 0 Å². The predicted molar refractivity (Wildman–Crippen MR) is 75.1 cm³/mol. The zero-order valence-corrected chi connectivity index (χ0v) is 11.7. The molecule has 5 heteroatoms. The minimum Gasteiger partial charge on any atom is -0.384 e. The molecule has 1 aromatic rings. The van der Waals surface area contributed by atoms with Gasteiger partial charge < -0.3 is 14.8 Å². The molecule has 0 aliphatic rings. The van der Waals surface area contributed by atoms with Crippen LogP contribution >= 0.6 is 0 Å². The smallest absolute Gasteiger partial charge is 0.123 e. The van der Waals surface area contributed by atoms with Gasteiger partial charge in [-0.1, -0.05) is 0 Å². The molecule has 1 aromatic carbocycles. The highest BCUT2D eigenvalue weighted by atomic mass is 19.1. The molecular formula is C14H23FN2O2. The Labute approximate surface area is 114 Å². The molecule has 19 heavy (non-hydrogen) atoms. The van der Waals surface area contributed by atoms with E-state index < -0.39 is 0 Å². The summed E-state index contributed by atoms with van der Waals surface area (Å²) in [7, 11) is 3.40. The average molecular weight is 270 g/mol. The molecule has 0 amide bonds.